The lowest BCUT2D eigenvalue weighted by atomic mass is 10.0. The van der Waals surface area contributed by atoms with Crippen LogP contribution in [0.5, 0.6) is 17.2 Å². The third-order valence-electron chi connectivity index (χ3n) is 4.68. The highest BCUT2D eigenvalue weighted by Gasteiger charge is 2.14. The summed E-state index contributed by atoms with van der Waals surface area (Å²) in [5.41, 5.74) is 0. The summed E-state index contributed by atoms with van der Waals surface area (Å²) in [5.74, 6) is 3.66. The summed E-state index contributed by atoms with van der Waals surface area (Å²) in [5, 5.41) is 6.53. The molecule has 2 heterocycles. The number of hydrogen-bond acceptors (Lipinski definition) is 6. The fourth-order valence-corrected chi connectivity index (χ4v) is 3.07. The van der Waals surface area contributed by atoms with Crippen LogP contribution in [-0.2, 0) is 9.47 Å². The minimum absolute atomic E-state index is 0.267. The van der Waals surface area contributed by atoms with Gasteiger partial charge >= 0.3 is 0 Å². The standard InChI is InChI=1S/C20H31N3O5/c1-21-20(22-7-2-9-25-14-16-5-10-24-11-6-16)23-8-12-26-17-3-4-18-19(13-17)28-15-27-18/h3-4,13,16H,2,5-12,14-15H2,1H3,(H2,21,22,23). The first kappa shape index (κ1) is 20.5. The summed E-state index contributed by atoms with van der Waals surface area (Å²) in [6.07, 6.45) is 3.17. The van der Waals surface area contributed by atoms with Gasteiger partial charge in [-0.1, -0.05) is 0 Å². The van der Waals surface area contributed by atoms with Crippen LogP contribution in [0.25, 0.3) is 0 Å². The number of hydrogen-bond donors (Lipinski definition) is 2. The van der Waals surface area contributed by atoms with Gasteiger partial charge < -0.3 is 34.3 Å². The topological polar surface area (TPSA) is 82.6 Å². The summed E-state index contributed by atoms with van der Waals surface area (Å²) >= 11 is 0. The zero-order chi connectivity index (χ0) is 19.4. The summed E-state index contributed by atoms with van der Waals surface area (Å²) < 4.78 is 27.5. The molecule has 8 nitrogen and oxygen atoms in total. The lowest BCUT2D eigenvalue weighted by Crippen LogP contribution is -2.39. The molecule has 1 fully saturated rings. The predicted molar refractivity (Wildman–Crippen MR) is 106 cm³/mol. The number of ether oxygens (including phenoxy) is 5. The summed E-state index contributed by atoms with van der Waals surface area (Å²) in [6.45, 7) is 5.59. The first-order chi connectivity index (χ1) is 13.8. The van der Waals surface area contributed by atoms with Crippen LogP contribution < -0.4 is 24.8 Å². The van der Waals surface area contributed by atoms with E-state index < -0.39 is 0 Å². The molecule has 0 radical (unpaired) electrons. The molecule has 1 saturated heterocycles. The Kier molecular flexibility index (Phi) is 8.52. The number of benzene rings is 1. The molecule has 0 atom stereocenters. The molecule has 0 aliphatic carbocycles. The second-order valence-corrected chi connectivity index (χ2v) is 6.77. The van der Waals surface area contributed by atoms with Crippen LogP contribution in [0.1, 0.15) is 19.3 Å². The Labute approximate surface area is 166 Å². The van der Waals surface area contributed by atoms with Crippen LogP contribution >= 0.6 is 0 Å². The fourth-order valence-electron chi connectivity index (χ4n) is 3.07. The molecule has 0 spiro atoms. The second-order valence-electron chi connectivity index (χ2n) is 6.77. The summed E-state index contributed by atoms with van der Waals surface area (Å²) in [4.78, 5) is 4.22. The lowest BCUT2D eigenvalue weighted by Gasteiger charge is -2.21. The number of fused-ring (bicyclic) bond motifs is 1. The maximum atomic E-state index is 5.77. The van der Waals surface area contributed by atoms with Crippen LogP contribution in [-0.4, -0.2) is 65.9 Å². The normalized spacial score (nSPS) is 16.8. The van der Waals surface area contributed by atoms with Gasteiger partial charge in [0, 0.05) is 46.1 Å². The molecule has 0 unspecified atom stereocenters. The molecule has 156 valence electrons. The van der Waals surface area contributed by atoms with Crippen molar-refractivity contribution in [1.82, 2.24) is 10.6 Å². The number of nitrogens with one attached hydrogen (secondary N) is 2. The van der Waals surface area contributed by atoms with Crippen LogP contribution in [0.3, 0.4) is 0 Å². The highest BCUT2D eigenvalue weighted by molar-refractivity contribution is 5.79. The smallest absolute Gasteiger partial charge is 0.231 e. The average Bonchev–Trinajstić information content (AvgIpc) is 3.20. The third kappa shape index (κ3) is 6.76. The van der Waals surface area contributed by atoms with Crippen LogP contribution in [0.15, 0.2) is 23.2 Å². The molecule has 0 aromatic heterocycles. The van der Waals surface area contributed by atoms with E-state index in [-0.39, 0.29) is 6.79 Å². The SMILES string of the molecule is CN=C(NCCCOCC1CCOCC1)NCCOc1ccc2c(c1)OCO2. The van der Waals surface area contributed by atoms with Gasteiger partial charge in [-0.25, -0.2) is 0 Å². The fraction of sp³-hybridized carbons (Fsp3) is 0.650. The van der Waals surface area contributed by atoms with Crippen LogP contribution in [0.4, 0.5) is 0 Å². The Morgan fingerprint density at radius 1 is 1.11 bits per heavy atom. The molecule has 0 amide bonds. The zero-order valence-corrected chi connectivity index (χ0v) is 16.6. The first-order valence-electron chi connectivity index (χ1n) is 9.97. The van der Waals surface area contributed by atoms with Gasteiger partial charge in [0.05, 0.1) is 6.54 Å². The third-order valence-corrected chi connectivity index (χ3v) is 4.68. The Morgan fingerprint density at radius 2 is 1.93 bits per heavy atom. The molecule has 3 rings (SSSR count). The van der Waals surface area contributed by atoms with E-state index in [9.17, 15) is 0 Å². The molecule has 1 aromatic carbocycles. The molecule has 8 heteroatoms. The molecule has 2 aliphatic rings. The van der Waals surface area contributed by atoms with E-state index in [0.29, 0.717) is 19.1 Å². The average molecular weight is 393 g/mol. The maximum absolute atomic E-state index is 5.77. The van der Waals surface area contributed by atoms with E-state index in [4.69, 9.17) is 23.7 Å². The van der Waals surface area contributed by atoms with Crippen molar-refractivity contribution in [3.05, 3.63) is 18.2 Å². The van der Waals surface area contributed by atoms with E-state index in [0.717, 1.165) is 75.4 Å². The quantitative estimate of drug-likeness (QED) is 0.356. The minimum Gasteiger partial charge on any atom is -0.492 e. The van der Waals surface area contributed by atoms with E-state index in [1.807, 2.05) is 18.2 Å². The van der Waals surface area contributed by atoms with Gasteiger partial charge in [-0.2, -0.15) is 0 Å². The van der Waals surface area contributed by atoms with E-state index in [1.54, 1.807) is 7.05 Å². The molecule has 0 bridgehead atoms. The van der Waals surface area contributed by atoms with E-state index >= 15 is 0 Å². The van der Waals surface area contributed by atoms with E-state index in [1.165, 1.54) is 0 Å². The van der Waals surface area contributed by atoms with Gasteiger partial charge in [0.2, 0.25) is 6.79 Å². The molecule has 2 N–H and O–H groups in total. The van der Waals surface area contributed by atoms with Gasteiger partial charge in [0.15, 0.2) is 17.5 Å². The number of aliphatic imine (C=N–C) groups is 1. The zero-order valence-electron chi connectivity index (χ0n) is 16.6. The van der Waals surface area contributed by atoms with Gasteiger partial charge in [0.25, 0.3) is 0 Å². The van der Waals surface area contributed by atoms with Crippen molar-refractivity contribution in [2.45, 2.75) is 19.3 Å². The molecule has 2 aliphatic heterocycles. The minimum atomic E-state index is 0.267. The van der Waals surface area contributed by atoms with Crippen LogP contribution in [0.2, 0.25) is 0 Å². The molecule has 28 heavy (non-hydrogen) atoms. The van der Waals surface area contributed by atoms with Gasteiger partial charge in [0.1, 0.15) is 12.4 Å². The Bertz CT molecular complexity index is 620. The van der Waals surface area contributed by atoms with Crippen molar-refractivity contribution in [2.24, 2.45) is 10.9 Å². The van der Waals surface area contributed by atoms with Gasteiger partial charge in [-0.3, -0.25) is 4.99 Å². The van der Waals surface area contributed by atoms with Crippen molar-refractivity contribution in [2.75, 3.05) is 60.0 Å². The predicted octanol–water partition coefficient (Wildman–Crippen LogP) is 1.79. The monoisotopic (exact) mass is 393 g/mol. The van der Waals surface area contributed by atoms with Crippen molar-refractivity contribution in [1.29, 1.82) is 0 Å². The largest absolute Gasteiger partial charge is 0.492 e. The number of rotatable bonds is 10. The van der Waals surface area contributed by atoms with Crippen LogP contribution in [0, 0.1) is 5.92 Å². The molecule has 0 saturated carbocycles. The molecular weight excluding hydrogens is 362 g/mol. The van der Waals surface area contributed by atoms with E-state index in [2.05, 4.69) is 15.6 Å². The Hall–Kier alpha value is -2.19. The lowest BCUT2D eigenvalue weighted by molar-refractivity contribution is 0.0203. The van der Waals surface area contributed by atoms with Crippen molar-refractivity contribution in [3.8, 4) is 17.2 Å². The first-order valence-corrected chi connectivity index (χ1v) is 9.97. The van der Waals surface area contributed by atoms with Crippen molar-refractivity contribution in [3.63, 3.8) is 0 Å². The highest BCUT2D eigenvalue weighted by Crippen LogP contribution is 2.34. The van der Waals surface area contributed by atoms with Crippen molar-refractivity contribution >= 4 is 5.96 Å². The van der Waals surface area contributed by atoms with Crippen molar-refractivity contribution < 1.29 is 23.7 Å². The summed E-state index contributed by atoms with van der Waals surface area (Å²) in [7, 11) is 1.76. The Balaban J connectivity index is 1.21. The van der Waals surface area contributed by atoms with Gasteiger partial charge in [-0.15, -0.1) is 0 Å². The summed E-state index contributed by atoms with van der Waals surface area (Å²) in [6, 6.07) is 5.58. The Morgan fingerprint density at radius 3 is 2.79 bits per heavy atom. The highest BCUT2D eigenvalue weighted by atomic mass is 16.7. The molecule has 1 aromatic rings. The second kappa shape index (κ2) is 11.6. The molecular formula is C20H31N3O5. The maximum Gasteiger partial charge on any atom is 0.231 e. The number of nitrogens with zero attached hydrogens (tertiary/aromatic N) is 1. The number of guanidine groups is 1. The van der Waals surface area contributed by atoms with Gasteiger partial charge in [-0.05, 0) is 37.3 Å².